The predicted octanol–water partition coefficient (Wildman–Crippen LogP) is 2.62. The second-order valence-corrected chi connectivity index (χ2v) is 2.53. The Labute approximate surface area is 85.8 Å². The topological polar surface area (TPSA) is 41.6 Å². The Balaban J connectivity index is 0. The largest absolute Gasteiger partial charge is 0.341 e. The molecule has 0 saturated carbocycles. The van der Waals surface area contributed by atoms with Crippen LogP contribution < -0.4 is 0 Å². The van der Waals surface area contributed by atoms with E-state index in [9.17, 15) is 0 Å². The van der Waals surface area contributed by atoms with Crippen LogP contribution >= 0.6 is 12.6 Å². The van der Waals surface area contributed by atoms with Crippen LogP contribution in [0.1, 0.15) is 26.7 Å². The first-order chi connectivity index (χ1) is 6.22. The molecule has 0 aliphatic carbocycles. The summed E-state index contributed by atoms with van der Waals surface area (Å²) in [6.07, 6.45) is 8.03. The van der Waals surface area contributed by atoms with E-state index in [2.05, 4.69) is 31.5 Å². The highest BCUT2D eigenvalue weighted by atomic mass is 32.1. The molecule has 0 aromatic carbocycles. The number of rotatable bonds is 1. The van der Waals surface area contributed by atoms with Crippen molar-refractivity contribution in [3.8, 4) is 5.40 Å². The lowest BCUT2D eigenvalue weighted by Crippen LogP contribution is -1.76. The van der Waals surface area contributed by atoms with Gasteiger partial charge in [0.25, 0.3) is 0 Å². The molecule has 13 heavy (non-hydrogen) atoms. The number of unbranched alkanes of at least 4 members (excludes halogenated alkanes) is 1. The molecule has 4 heteroatoms. The molecular weight excluding hydrogens is 182 g/mol. The van der Waals surface area contributed by atoms with Crippen molar-refractivity contribution in [2.24, 2.45) is 7.05 Å². The van der Waals surface area contributed by atoms with Gasteiger partial charge in [-0.05, 0) is 0 Å². The van der Waals surface area contributed by atoms with Crippen molar-refractivity contribution in [1.82, 2.24) is 9.55 Å². The average molecular weight is 199 g/mol. The van der Waals surface area contributed by atoms with Crippen LogP contribution in [0.25, 0.3) is 0 Å². The first kappa shape index (κ1) is 14.6. The van der Waals surface area contributed by atoms with Gasteiger partial charge in [0.15, 0.2) is 0 Å². The molecule has 0 bridgehead atoms. The summed E-state index contributed by atoms with van der Waals surface area (Å²) in [5.74, 6) is 0. The molecule has 1 aromatic heterocycles. The van der Waals surface area contributed by atoms with E-state index >= 15 is 0 Å². The van der Waals surface area contributed by atoms with Gasteiger partial charge in [0, 0.05) is 19.4 Å². The molecule has 0 N–H and O–H groups in total. The Morgan fingerprint density at radius 2 is 1.92 bits per heavy atom. The van der Waals surface area contributed by atoms with E-state index in [0.29, 0.717) is 0 Å². The van der Waals surface area contributed by atoms with Crippen LogP contribution in [0.5, 0.6) is 0 Å². The molecule has 3 nitrogen and oxygen atoms in total. The van der Waals surface area contributed by atoms with E-state index < -0.39 is 0 Å². The molecule has 1 heterocycles. The highest BCUT2D eigenvalue weighted by Crippen LogP contribution is 1.76. The van der Waals surface area contributed by atoms with Crippen molar-refractivity contribution in [1.29, 1.82) is 5.26 Å². The van der Waals surface area contributed by atoms with Crippen molar-refractivity contribution in [3.63, 3.8) is 0 Å². The molecule has 0 saturated heterocycles. The number of thiocyanates is 1. The van der Waals surface area contributed by atoms with Gasteiger partial charge in [0.1, 0.15) is 5.40 Å². The summed E-state index contributed by atoms with van der Waals surface area (Å²) in [5.41, 5.74) is 0. The Hall–Kier alpha value is -0.950. The number of aromatic nitrogens is 2. The number of nitriles is 1. The van der Waals surface area contributed by atoms with Crippen molar-refractivity contribution in [2.75, 3.05) is 0 Å². The fourth-order valence-corrected chi connectivity index (χ4v) is 0.326. The van der Waals surface area contributed by atoms with Crippen LogP contribution in [0.3, 0.4) is 0 Å². The standard InChI is InChI=1S/C4H6N2.C4H10.CHNS/c1-6-3-2-5-4-6;1-3-4-2;2-1-3/h2-4H,1H3;3-4H2,1-2H3;3H. The number of aryl methyl sites for hydroxylation is 1. The van der Waals surface area contributed by atoms with E-state index in [1.54, 1.807) is 12.5 Å². The van der Waals surface area contributed by atoms with Crippen molar-refractivity contribution in [3.05, 3.63) is 18.7 Å². The number of hydrogen-bond acceptors (Lipinski definition) is 3. The van der Waals surface area contributed by atoms with Gasteiger partial charge in [-0.3, -0.25) is 0 Å². The van der Waals surface area contributed by atoms with Gasteiger partial charge >= 0.3 is 0 Å². The molecule has 0 unspecified atom stereocenters. The maximum Gasteiger partial charge on any atom is 0.130 e. The lowest BCUT2D eigenvalue weighted by molar-refractivity contribution is 0.886. The number of imidazole rings is 1. The van der Waals surface area contributed by atoms with Crippen LogP contribution in [0.15, 0.2) is 18.7 Å². The third kappa shape index (κ3) is 18.2. The molecular formula is C9H17N3S. The summed E-state index contributed by atoms with van der Waals surface area (Å²) in [7, 11) is 1.94. The summed E-state index contributed by atoms with van der Waals surface area (Å²) in [5, 5.41) is 8.63. The Morgan fingerprint density at radius 3 is 2.00 bits per heavy atom. The molecule has 0 aliphatic heterocycles. The molecule has 0 atom stereocenters. The number of hydrogen-bond donors (Lipinski definition) is 1. The zero-order valence-electron chi connectivity index (χ0n) is 8.44. The zero-order valence-corrected chi connectivity index (χ0v) is 9.33. The summed E-state index contributed by atoms with van der Waals surface area (Å²) in [6.45, 7) is 4.36. The first-order valence-corrected chi connectivity index (χ1v) is 4.62. The Morgan fingerprint density at radius 1 is 1.46 bits per heavy atom. The van der Waals surface area contributed by atoms with E-state index in [0.717, 1.165) is 0 Å². The summed E-state index contributed by atoms with van der Waals surface area (Å²) in [6, 6.07) is 0. The van der Waals surface area contributed by atoms with Crippen LogP contribution in [0.4, 0.5) is 0 Å². The highest BCUT2D eigenvalue weighted by Gasteiger charge is 1.69. The second kappa shape index (κ2) is 13.6. The SMILES string of the molecule is CCCC.Cn1ccnc1.N#CS. The molecule has 1 rings (SSSR count). The minimum Gasteiger partial charge on any atom is -0.341 e. The molecule has 0 fully saturated rings. The number of nitrogens with zero attached hydrogens (tertiary/aromatic N) is 3. The lowest BCUT2D eigenvalue weighted by Gasteiger charge is -1.76. The maximum atomic E-state index is 7.18. The van der Waals surface area contributed by atoms with E-state index in [-0.39, 0.29) is 0 Å². The smallest absolute Gasteiger partial charge is 0.130 e. The molecule has 74 valence electrons. The van der Waals surface area contributed by atoms with Crippen molar-refractivity contribution >= 4 is 12.6 Å². The molecule has 0 spiro atoms. The summed E-state index contributed by atoms with van der Waals surface area (Å²) in [4.78, 5) is 3.78. The van der Waals surface area contributed by atoms with Gasteiger partial charge in [-0.15, -0.1) is 0 Å². The minimum atomic E-state index is 1.32. The lowest BCUT2D eigenvalue weighted by atomic mass is 10.4. The fourth-order valence-electron chi connectivity index (χ4n) is 0.326. The Kier molecular flexibility index (Phi) is 15.3. The number of thiol groups is 1. The van der Waals surface area contributed by atoms with Gasteiger partial charge in [-0.2, -0.15) is 5.26 Å². The van der Waals surface area contributed by atoms with E-state index in [1.165, 1.54) is 18.2 Å². The van der Waals surface area contributed by atoms with Crippen molar-refractivity contribution < 1.29 is 0 Å². The van der Waals surface area contributed by atoms with Gasteiger partial charge in [-0.25, -0.2) is 4.98 Å². The molecule has 0 radical (unpaired) electrons. The Bertz CT molecular complexity index is 199. The first-order valence-electron chi connectivity index (χ1n) is 4.17. The third-order valence-electron chi connectivity index (χ3n) is 1.14. The van der Waals surface area contributed by atoms with E-state index in [1.807, 2.05) is 17.8 Å². The van der Waals surface area contributed by atoms with Gasteiger partial charge < -0.3 is 4.57 Å². The van der Waals surface area contributed by atoms with Gasteiger partial charge in [0.2, 0.25) is 0 Å². The molecule has 1 aromatic rings. The third-order valence-corrected chi connectivity index (χ3v) is 1.14. The van der Waals surface area contributed by atoms with E-state index in [4.69, 9.17) is 5.26 Å². The minimum absolute atomic E-state index is 1.32. The van der Waals surface area contributed by atoms with Crippen LogP contribution in [0, 0.1) is 10.7 Å². The van der Waals surface area contributed by atoms with Crippen LogP contribution in [-0.4, -0.2) is 9.55 Å². The second-order valence-electron chi connectivity index (χ2n) is 2.33. The normalized spacial score (nSPS) is 7.00. The highest BCUT2D eigenvalue weighted by molar-refractivity contribution is 7.85. The quantitative estimate of drug-likeness (QED) is 0.558. The van der Waals surface area contributed by atoms with Crippen LogP contribution in [0.2, 0.25) is 0 Å². The summed E-state index contributed by atoms with van der Waals surface area (Å²) >= 11 is 3.09. The maximum absolute atomic E-state index is 7.18. The fraction of sp³-hybridized carbons (Fsp3) is 0.556. The van der Waals surface area contributed by atoms with Gasteiger partial charge in [0.05, 0.1) is 6.33 Å². The molecule has 0 aliphatic rings. The monoisotopic (exact) mass is 199 g/mol. The predicted molar refractivity (Wildman–Crippen MR) is 58.4 cm³/mol. The van der Waals surface area contributed by atoms with Crippen LogP contribution in [-0.2, 0) is 7.05 Å². The van der Waals surface area contributed by atoms with Gasteiger partial charge in [-0.1, -0.05) is 39.3 Å². The molecule has 0 amide bonds. The summed E-state index contributed by atoms with van der Waals surface area (Å²) < 4.78 is 1.89. The average Bonchev–Trinajstić information content (AvgIpc) is 2.58. The zero-order chi connectivity index (χ0) is 10.5. The van der Waals surface area contributed by atoms with Crippen molar-refractivity contribution in [2.45, 2.75) is 26.7 Å².